The predicted octanol–water partition coefficient (Wildman–Crippen LogP) is -0.00700. The molecule has 2 N–H and O–H groups in total. The van der Waals surface area contributed by atoms with Crippen LogP contribution in [-0.4, -0.2) is 87.0 Å². The van der Waals surface area contributed by atoms with E-state index in [0.29, 0.717) is 13.0 Å². The van der Waals surface area contributed by atoms with Gasteiger partial charge in [0.2, 0.25) is 5.91 Å². The van der Waals surface area contributed by atoms with Gasteiger partial charge in [-0.1, -0.05) is 0 Å². The van der Waals surface area contributed by atoms with Crippen molar-refractivity contribution in [2.75, 3.05) is 39.8 Å². The molecule has 0 bridgehead atoms. The van der Waals surface area contributed by atoms with Gasteiger partial charge < -0.3 is 15.0 Å². The van der Waals surface area contributed by atoms with Crippen molar-refractivity contribution in [3.63, 3.8) is 0 Å². The maximum absolute atomic E-state index is 12.2. The van der Waals surface area contributed by atoms with Crippen LogP contribution >= 0.6 is 0 Å². The molecule has 0 aliphatic carbocycles. The minimum absolute atomic E-state index is 0.0502. The number of likely N-dealkylation sites (N-methyl/N-ethyl adjacent to an activating group) is 1. The summed E-state index contributed by atoms with van der Waals surface area (Å²) in [5, 5.41) is 8.99. The van der Waals surface area contributed by atoms with E-state index in [-0.39, 0.29) is 18.0 Å². The Labute approximate surface area is 141 Å². The number of nitrogens with zero attached hydrogens (tertiary/aromatic N) is 4. The van der Waals surface area contributed by atoms with Crippen molar-refractivity contribution in [1.29, 1.82) is 0 Å². The van der Waals surface area contributed by atoms with Gasteiger partial charge in [0.1, 0.15) is 12.4 Å². The molecule has 1 atom stereocenters. The molecule has 8 heteroatoms. The molecule has 2 saturated heterocycles. The number of nitrogens with one attached hydrogen (secondary N) is 1. The van der Waals surface area contributed by atoms with Gasteiger partial charge in [-0.25, -0.2) is 4.98 Å². The normalized spacial score (nSPS) is 26.7. The Morgan fingerprint density at radius 3 is 2.92 bits per heavy atom. The topological polar surface area (TPSA) is 92.8 Å². The predicted molar refractivity (Wildman–Crippen MR) is 87.3 cm³/mol. The number of rotatable bonds is 4. The highest BCUT2D eigenvalue weighted by Crippen LogP contribution is 2.32. The number of carboxylic acid groups (broad SMARTS) is 1. The Morgan fingerprint density at radius 1 is 1.38 bits per heavy atom. The Kier molecular flexibility index (Phi) is 4.86. The van der Waals surface area contributed by atoms with Crippen LogP contribution in [0.15, 0.2) is 12.4 Å². The van der Waals surface area contributed by atoms with Gasteiger partial charge in [0.05, 0.1) is 6.54 Å². The van der Waals surface area contributed by atoms with Crippen molar-refractivity contribution >= 4 is 11.9 Å². The molecule has 3 heterocycles. The highest BCUT2D eigenvalue weighted by molar-refractivity contribution is 5.81. The largest absolute Gasteiger partial charge is 0.480 e. The molecule has 0 saturated carbocycles. The number of amides is 1. The number of imidazole rings is 1. The smallest absolute Gasteiger partial charge is 0.323 e. The molecule has 2 fully saturated rings. The number of piperazine rings is 1. The second-order valence-corrected chi connectivity index (χ2v) is 6.85. The van der Waals surface area contributed by atoms with Gasteiger partial charge in [0.15, 0.2) is 0 Å². The maximum Gasteiger partial charge on any atom is 0.323 e. The fraction of sp³-hybridized carbons (Fsp3) is 0.688. The molecule has 2 aliphatic heterocycles. The molecule has 1 aromatic rings. The van der Waals surface area contributed by atoms with E-state index < -0.39 is 5.97 Å². The Hall–Kier alpha value is -1.93. The summed E-state index contributed by atoms with van der Waals surface area (Å²) in [6.45, 7) is 3.85. The van der Waals surface area contributed by atoms with Gasteiger partial charge in [-0.3, -0.25) is 19.4 Å². The van der Waals surface area contributed by atoms with E-state index in [0.717, 1.165) is 44.8 Å². The van der Waals surface area contributed by atoms with E-state index in [1.165, 1.54) is 4.90 Å². The lowest BCUT2D eigenvalue weighted by molar-refractivity contribution is -0.144. The van der Waals surface area contributed by atoms with Crippen LogP contribution in [0.5, 0.6) is 0 Å². The summed E-state index contributed by atoms with van der Waals surface area (Å²) in [7, 11) is 2.11. The highest BCUT2D eigenvalue weighted by Gasteiger charge is 2.42. The summed E-state index contributed by atoms with van der Waals surface area (Å²) in [5.74, 6) is -0.0477. The molecule has 1 amide bonds. The molecule has 24 heavy (non-hydrogen) atoms. The van der Waals surface area contributed by atoms with Crippen LogP contribution in [0.2, 0.25) is 0 Å². The number of carbonyl (C=O) groups is 2. The van der Waals surface area contributed by atoms with E-state index >= 15 is 0 Å². The summed E-state index contributed by atoms with van der Waals surface area (Å²) >= 11 is 0. The lowest BCUT2D eigenvalue weighted by Gasteiger charge is -2.49. The SMILES string of the molecule is CN1CCN(Cc2ncc[nH]2)C[C@@]12CCC(=O)N(CC(=O)O)CC2. The first-order chi connectivity index (χ1) is 11.5. The lowest BCUT2D eigenvalue weighted by Crippen LogP contribution is -2.60. The molecule has 1 aromatic heterocycles. The number of aromatic amines is 1. The third-order valence-electron chi connectivity index (χ3n) is 5.34. The lowest BCUT2D eigenvalue weighted by atomic mass is 9.86. The van der Waals surface area contributed by atoms with Gasteiger partial charge >= 0.3 is 5.97 Å². The second kappa shape index (κ2) is 6.90. The molecular formula is C16H25N5O3. The molecule has 0 aromatic carbocycles. The fourth-order valence-electron chi connectivity index (χ4n) is 3.84. The summed E-state index contributed by atoms with van der Waals surface area (Å²) in [6, 6.07) is 0. The number of hydrogen-bond acceptors (Lipinski definition) is 5. The minimum Gasteiger partial charge on any atom is -0.480 e. The zero-order valence-electron chi connectivity index (χ0n) is 14.1. The molecule has 1 spiro atoms. The first-order valence-corrected chi connectivity index (χ1v) is 8.40. The Morgan fingerprint density at radius 2 is 2.21 bits per heavy atom. The molecule has 132 valence electrons. The molecule has 8 nitrogen and oxygen atoms in total. The first kappa shape index (κ1) is 16.9. The summed E-state index contributed by atoms with van der Waals surface area (Å²) in [6.07, 6.45) is 5.57. The third kappa shape index (κ3) is 3.59. The summed E-state index contributed by atoms with van der Waals surface area (Å²) < 4.78 is 0. The number of hydrogen-bond donors (Lipinski definition) is 2. The van der Waals surface area contributed by atoms with Crippen LogP contribution < -0.4 is 0 Å². The van der Waals surface area contributed by atoms with Crippen LogP contribution in [0.25, 0.3) is 0 Å². The van der Waals surface area contributed by atoms with Crippen molar-refractivity contribution < 1.29 is 14.7 Å². The monoisotopic (exact) mass is 335 g/mol. The van der Waals surface area contributed by atoms with Crippen LogP contribution in [0, 0.1) is 0 Å². The van der Waals surface area contributed by atoms with Crippen LogP contribution in [0.1, 0.15) is 25.1 Å². The number of H-pyrrole nitrogens is 1. The van der Waals surface area contributed by atoms with Crippen molar-refractivity contribution in [3.8, 4) is 0 Å². The second-order valence-electron chi connectivity index (χ2n) is 6.85. The number of carbonyl (C=O) groups excluding carboxylic acids is 1. The van der Waals surface area contributed by atoms with Crippen LogP contribution in [0.4, 0.5) is 0 Å². The molecule has 0 unspecified atom stereocenters. The van der Waals surface area contributed by atoms with Crippen molar-refractivity contribution in [1.82, 2.24) is 24.7 Å². The number of likely N-dealkylation sites (tertiary alicyclic amines) is 1. The average molecular weight is 335 g/mol. The van der Waals surface area contributed by atoms with Crippen LogP contribution in [-0.2, 0) is 16.1 Å². The van der Waals surface area contributed by atoms with Gasteiger partial charge in [-0.05, 0) is 19.9 Å². The van der Waals surface area contributed by atoms with Crippen molar-refractivity contribution in [2.24, 2.45) is 0 Å². The molecular weight excluding hydrogens is 310 g/mol. The Balaban J connectivity index is 1.69. The van der Waals surface area contributed by atoms with Gasteiger partial charge in [-0.2, -0.15) is 0 Å². The van der Waals surface area contributed by atoms with E-state index in [4.69, 9.17) is 5.11 Å². The zero-order chi connectivity index (χ0) is 17.2. The van der Waals surface area contributed by atoms with Crippen molar-refractivity contribution in [3.05, 3.63) is 18.2 Å². The van der Waals surface area contributed by atoms with E-state index in [1.807, 2.05) is 6.20 Å². The minimum atomic E-state index is -0.948. The first-order valence-electron chi connectivity index (χ1n) is 8.40. The van der Waals surface area contributed by atoms with Gasteiger partial charge in [0, 0.05) is 50.5 Å². The standard InChI is InChI=1S/C16H25N5O3/c1-19-8-9-20(10-13-17-5-6-18-13)12-16(19)3-2-14(22)21(7-4-16)11-15(23)24/h5-6H,2-4,7-12H2,1H3,(H,17,18)(H,23,24)/t16-/m0/s1. The van der Waals surface area contributed by atoms with Gasteiger partial charge in [-0.15, -0.1) is 0 Å². The van der Waals surface area contributed by atoms with Gasteiger partial charge in [0.25, 0.3) is 0 Å². The average Bonchev–Trinajstić information content (AvgIpc) is 3.00. The quantitative estimate of drug-likeness (QED) is 0.804. The Bertz CT molecular complexity index is 591. The molecule has 3 rings (SSSR count). The van der Waals surface area contributed by atoms with E-state index in [1.54, 1.807) is 6.20 Å². The fourth-order valence-corrected chi connectivity index (χ4v) is 3.84. The van der Waals surface area contributed by atoms with E-state index in [2.05, 4.69) is 26.8 Å². The number of carboxylic acids is 1. The maximum atomic E-state index is 12.2. The van der Waals surface area contributed by atoms with E-state index in [9.17, 15) is 9.59 Å². The summed E-state index contributed by atoms with van der Waals surface area (Å²) in [4.78, 5) is 36.8. The molecule has 0 radical (unpaired) electrons. The number of aliphatic carboxylic acids is 1. The zero-order valence-corrected chi connectivity index (χ0v) is 14.1. The third-order valence-corrected chi connectivity index (χ3v) is 5.34. The van der Waals surface area contributed by atoms with Crippen molar-refractivity contribution in [2.45, 2.75) is 31.3 Å². The van der Waals surface area contributed by atoms with Crippen LogP contribution in [0.3, 0.4) is 0 Å². The molecule has 2 aliphatic rings. The number of aromatic nitrogens is 2. The highest BCUT2D eigenvalue weighted by atomic mass is 16.4. The summed E-state index contributed by atoms with van der Waals surface area (Å²) in [5.41, 5.74) is -0.0756.